The first-order valence-electron chi connectivity index (χ1n) is 6.97. The van der Waals surface area contributed by atoms with Gasteiger partial charge >= 0.3 is 29.6 Å². The Bertz CT molecular complexity index is 257. The van der Waals surface area contributed by atoms with Crippen LogP contribution in [0.4, 0.5) is 0 Å². The fourth-order valence-electron chi connectivity index (χ4n) is 1.84. The number of carbonyl (C=O) groups is 2. The molecule has 0 saturated carbocycles. The van der Waals surface area contributed by atoms with Gasteiger partial charge in [0.15, 0.2) is 0 Å². The third kappa shape index (κ3) is 12.7. The van der Waals surface area contributed by atoms with Gasteiger partial charge in [-0.15, -0.1) is 0 Å². The van der Waals surface area contributed by atoms with E-state index in [0.29, 0.717) is 12.8 Å². The van der Waals surface area contributed by atoms with Crippen molar-refractivity contribution < 1.29 is 44.3 Å². The number of hydrogen-bond acceptors (Lipinski definition) is 3. The van der Waals surface area contributed by atoms with E-state index in [0.717, 1.165) is 19.3 Å². The quantitative estimate of drug-likeness (QED) is 0.396. The molecule has 0 fully saturated rings. The minimum absolute atomic E-state index is 0. The van der Waals surface area contributed by atoms with Crippen molar-refractivity contribution in [3.63, 3.8) is 0 Å². The van der Waals surface area contributed by atoms with Crippen LogP contribution in [-0.4, -0.2) is 17.9 Å². The summed E-state index contributed by atoms with van der Waals surface area (Å²) in [5.41, 5.74) is 0. The van der Waals surface area contributed by atoms with Crippen LogP contribution in [0.3, 0.4) is 0 Å². The minimum Gasteiger partial charge on any atom is -0.548 e. The summed E-state index contributed by atoms with van der Waals surface area (Å²) in [4.78, 5) is 22.4. The topological polar surface area (TPSA) is 69.2 Å². The molecule has 0 heterocycles. The summed E-state index contributed by atoms with van der Waals surface area (Å²) >= 11 is 0. The Morgan fingerprint density at radius 3 is 2.16 bits per heavy atom. The molecule has 1 amide bonds. The zero-order valence-corrected chi connectivity index (χ0v) is 14.8. The van der Waals surface area contributed by atoms with E-state index < -0.39 is 12.0 Å². The molecule has 0 aromatic rings. The van der Waals surface area contributed by atoms with Gasteiger partial charge in [-0.1, -0.05) is 46.5 Å². The molecule has 0 rings (SSSR count). The van der Waals surface area contributed by atoms with Gasteiger partial charge in [0.25, 0.3) is 0 Å². The van der Waals surface area contributed by atoms with Gasteiger partial charge in [-0.25, -0.2) is 0 Å². The van der Waals surface area contributed by atoms with Crippen LogP contribution >= 0.6 is 0 Å². The average molecular weight is 279 g/mol. The van der Waals surface area contributed by atoms with Crippen LogP contribution < -0.4 is 40.0 Å². The molecule has 0 bridgehead atoms. The summed E-state index contributed by atoms with van der Waals surface area (Å²) in [6.45, 7) is 5.99. The first-order valence-corrected chi connectivity index (χ1v) is 6.97. The number of carboxylic acids is 1. The van der Waals surface area contributed by atoms with Crippen molar-refractivity contribution in [1.29, 1.82) is 0 Å². The minimum atomic E-state index is -1.19. The maximum Gasteiger partial charge on any atom is 1.00 e. The SMILES string of the molecule is CCCCCCCC(=O)N[C@@H](CC(C)C)C(=O)[O-].[Na+]. The fraction of sp³-hybridized carbons (Fsp3) is 0.857. The molecule has 5 heteroatoms. The Morgan fingerprint density at radius 1 is 1.11 bits per heavy atom. The van der Waals surface area contributed by atoms with Crippen LogP contribution in [0, 0.1) is 5.92 Å². The molecule has 0 saturated heterocycles. The molecule has 0 aromatic heterocycles. The molecule has 1 atom stereocenters. The summed E-state index contributed by atoms with van der Waals surface area (Å²) in [6, 6.07) is -0.854. The zero-order chi connectivity index (χ0) is 14.0. The van der Waals surface area contributed by atoms with Crippen molar-refractivity contribution in [2.75, 3.05) is 0 Å². The summed E-state index contributed by atoms with van der Waals surface area (Å²) in [5, 5.41) is 13.4. The van der Waals surface area contributed by atoms with E-state index in [1.807, 2.05) is 13.8 Å². The second kappa shape index (κ2) is 12.9. The molecule has 19 heavy (non-hydrogen) atoms. The Kier molecular flexibility index (Phi) is 14.5. The number of aliphatic carboxylic acids is 1. The maximum absolute atomic E-state index is 11.6. The van der Waals surface area contributed by atoms with Gasteiger partial charge in [0.2, 0.25) is 5.91 Å². The van der Waals surface area contributed by atoms with Gasteiger partial charge in [0.1, 0.15) is 0 Å². The molecular formula is C14H26NNaO3. The number of amides is 1. The van der Waals surface area contributed by atoms with Gasteiger partial charge in [-0.05, 0) is 18.8 Å². The van der Waals surface area contributed by atoms with Crippen LogP contribution in [0.25, 0.3) is 0 Å². The third-order valence-corrected chi connectivity index (χ3v) is 2.83. The molecular weight excluding hydrogens is 253 g/mol. The number of unbranched alkanes of at least 4 members (excludes halogenated alkanes) is 4. The third-order valence-electron chi connectivity index (χ3n) is 2.83. The maximum atomic E-state index is 11.6. The average Bonchev–Trinajstić information content (AvgIpc) is 2.27. The second-order valence-corrected chi connectivity index (χ2v) is 5.23. The van der Waals surface area contributed by atoms with E-state index in [1.165, 1.54) is 12.8 Å². The number of hydrogen-bond donors (Lipinski definition) is 1. The summed E-state index contributed by atoms with van der Waals surface area (Å²) < 4.78 is 0. The largest absolute Gasteiger partial charge is 1.00 e. The molecule has 0 aromatic carbocycles. The monoisotopic (exact) mass is 279 g/mol. The van der Waals surface area contributed by atoms with Crippen LogP contribution in [-0.2, 0) is 9.59 Å². The first-order chi connectivity index (χ1) is 8.47. The Morgan fingerprint density at radius 2 is 1.68 bits per heavy atom. The van der Waals surface area contributed by atoms with E-state index in [4.69, 9.17) is 0 Å². The van der Waals surface area contributed by atoms with Crippen molar-refractivity contribution >= 4 is 11.9 Å². The second-order valence-electron chi connectivity index (χ2n) is 5.23. The molecule has 0 radical (unpaired) electrons. The van der Waals surface area contributed by atoms with Gasteiger partial charge in [-0.2, -0.15) is 0 Å². The van der Waals surface area contributed by atoms with E-state index in [1.54, 1.807) is 0 Å². The van der Waals surface area contributed by atoms with Crippen LogP contribution in [0.5, 0.6) is 0 Å². The van der Waals surface area contributed by atoms with E-state index in [-0.39, 0.29) is 41.4 Å². The molecule has 0 aliphatic rings. The van der Waals surface area contributed by atoms with Crippen LogP contribution in [0.2, 0.25) is 0 Å². The van der Waals surface area contributed by atoms with E-state index >= 15 is 0 Å². The van der Waals surface area contributed by atoms with Crippen molar-refractivity contribution in [2.24, 2.45) is 5.92 Å². The predicted molar refractivity (Wildman–Crippen MR) is 69.8 cm³/mol. The van der Waals surface area contributed by atoms with Crippen molar-refractivity contribution in [3.05, 3.63) is 0 Å². The van der Waals surface area contributed by atoms with E-state index in [2.05, 4.69) is 12.2 Å². The molecule has 4 nitrogen and oxygen atoms in total. The number of carbonyl (C=O) groups excluding carboxylic acids is 2. The van der Waals surface area contributed by atoms with Crippen LogP contribution in [0.15, 0.2) is 0 Å². The molecule has 0 aliphatic heterocycles. The summed E-state index contributed by atoms with van der Waals surface area (Å²) in [7, 11) is 0. The van der Waals surface area contributed by atoms with Crippen molar-refractivity contribution in [3.8, 4) is 0 Å². The first kappa shape index (κ1) is 21.2. The van der Waals surface area contributed by atoms with Gasteiger partial charge in [0, 0.05) is 6.42 Å². The Balaban J connectivity index is 0. The molecule has 1 N–H and O–H groups in total. The smallest absolute Gasteiger partial charge is 0.548 e. The van der Waals surface area contributed by atoms with Crippen molar-refractivity contribution in [2.45, 2.75) is 71.8 Å². The van der Waals surface area contributed by atoms with E-state index in [9.17, 15) is 14.7 Å². The Hall–Kier alpha value is -0.0600. The summed E-state index contributed by atoms with van der Waals surface area (Å²) in [6.07, 6.45) is 6.19. The Labute approximate surface area is 139 Å². The van der Waals surface area contributed by atoms with Gasteiger partial charge in [-0.3, -0.25) is 4.79 Å². The van der Waals surface area contributed by atoms with Crippen LogP contribution in [0.1, 0.15) is 65.7 Å². The molecule has 106 valence electrons. The molecule has 0 unspecified atom stereocenters. The van der Waals surface area contributed by atoms with Gasteiger partial charge < -0.3 is 15.2 Å². The number of nitrogens with one attached hydrogen (secondary N) is 1. The summed E-state index contributed by atoms with van der Waals surface area (Å²) in [5.74, 6) is -1.15. The zero-order valence-electron chi connectivity index (χ0n) is 12.8. The fourth-order valence-corrected chi connectivity index (χ4v) is 1.84. The molecule has 0 spiro atoms. The molecule has 0 aliphatic carbocycles. The standard InChI is InChI=1S/C14H27NO3.Na/c1-4-5-6-7-8-9-13(16)15-12(14(17)18)10-11(2)3;/h11-12H,4-10H2,1-3H3,(H,15,16)(H,17,18);/q;+1/p-1/t12-;/m0./s1. The predicted octanol–water partition coefficient (Wildman–Crippen LogP) is -1.37. The number of rotatable bonds is 10. The number of carboxylic acid groups (broad SMARTS) is 1. The van der Waals surface area contributed by atoms with Gasteiger partial charge in [0.05, 0.1) is 12.0 Å². The normalized spacial score (nSPS) is 11.8. The van der Waals surface area contributed by atoms with Crippen molar-refractivity contribution in [1.82, 2.24) is 5.32 Å².